The average Bonchev–Trinajstić information content (AvgIpc) is 2.32. The van der Waals surface area contributed by atoms with Crippen molar-refractivity contribution in [1.29, 1.82) is 5.26 Å². The summed E-state index contributed by atoms with van der Waals surface area (Å²) in [7, 11) is 1.67. The highest BCUT2D eigenvalue weighted by Gasteiger charge is 2.33. The van der Waals surface area contributed by atoms with Crippen LogP contribution < -0.4 is 0 Å². The minimum Gasteiger partial charge on any atom is -0.382 e. The van der Waals surface area contributed by atoms with Gasteiger partial charge in [-0.2, -0.15) is 5.26 Å². The van der Waals surface area contributed by atoms with Crippen LogP contribution in [-0.4, -0.2) is 26.9 Å². The van der Waals surface area contributed by atoms with E-state index in [0.29, 0.717) is 19.8 Å². The first-order valence-electron chi connectivity index (χ1n) is 6.20. The molecule has 0 aromatic carbocycles. The summed E-state index contributed by atoms with van der Waals surface area (Å²) in [5.41, 5.74) is -0.112. The van der Waals surface area contributed by atoms with Crippen molar-refractivity contribution in [3.8, 4) is 6.07 Å². The molecule has 0 aliphatic heterocycles. The molecule has 3 heteroatoms. The van der Waals surface area contributed by atoms with Gasteiger partial charge in [-0.1, -0.05) is 6.92 Å². The molecule has 1 rings (SSSR count). The zero-order valence-corrected chi connectivity index (χ0v) is 10.5. The van der Waals surface area contributed by atoms with Gasteiger partial charge in [0.15, 0.2) is 0 Å². The Balaban J connectivity index is 2.24. The van der Waals surface area contributed by atoms with Crippen molar-refractivity contribution in [3.63, 3.8) is 0 Å². The van der Waals surface area contributed by atoms with Crippen molar-refractivity contribution in [3.05, 3.63) is 0 Å². The number of hydrogen-bond donors (Lipinski definition) is 0. The Morgan fingerprint density at radius 3 is 2.50 bits per heavy atom. The molecule has 1 fully saturated rings. The maximum Gasteiger partial charge on any atom is 0.0700 e. The minimum absolute atomic E-state index is 0.112. The van der Waals surface area contributed by atoms with E-state index in [1.54, 1.807) is 7.11 Å². The second-order valence-corrected chi connectivity index (χ2v) is 4.93. The third kappa shape index (κ3) is 4.11. The van der Waals surface area contributed by atoms with Crippen molar-refractivity contribution in [2.45, 2.75) is 39.0 Å². The van der Waals surface area contributed by atoms with Crippen molar-refractivity contribution < 1.29 is 9.47 Å². The molecule has 0 spiro atoms. The molecule has 0 atom stereocenters. The summed E-state index contributed by atoms with van der Waals surface area (Å²) in [4.78, 5) is 0. The lowest BCUT2D eigenvalue weighted by Crippen LogP contribution is -2.27. The molecule has 1 aliphatic carbocycles. The first-order chi connectivity index (χ1) is 7.72. The Hall–Kier alpha value is -0.590. The number of rotatable bonds is 6. The van der Waals surface area contributed by atoms with E-state index in [4.69, 9.17) is 9.47 Å². The van der Waals surface area contributed by atoms with Crippen LogP contribution in [0.3, 0.4) is 0 Å². The SMILES string of the molecule is COCCOCCC1(C#N)CCC(C)CC1. The van der Waals surface area contributed by atoms with Crippen molar-refractivity contribution in [2.75, 3.05) is 26.9 Å². The predicted molar refractivity (Wildman–Crippen MR) is 63.0 cm³/mol. The van der Waals surface area contributed by atoms with Gasteiger partial charge in [-0.05, 0) is 38.0 Å². The van der Waals surface area contributed by atoms with Crippen LogP contribution in [0.4, 0.5) is 0 Å². The number of nitriles is 1. The molecular weight excluding hydrogens is 202 g/mol. The van der Waals surface area contributed by atoms with E-state index in [1.807, 2.05) is 0 Å². The Kier molecular flexibility index (Phi) is 5.79. The second-order valence-electron chi connectivity index (χ2n) is 4.93. The summed E-state index contributed by atoms with van der Waals surface area (Å²) in [6, 6.07) is 2.52. The lowest BCUT2D eigenvalue weighted by molar-refractivity contribution is 0.0508. The maximum atomic E-state index is 9.30. The number of nitrogens with zero attached hydrogens (tertiary/aromatic N) is 1. The van der Waals surface area contributed by atoms with Gasteiger partial charge < -0.3 is 9.47 Å². The number of ether oxygens (including phenoxy) is 2. The summed E-state index contributed by atoms with van der Waals surface area (Å²) >= 11 is 0. The van der Waals surface area contributed by atoms with E-state index in [9.17, 15) is 5.26 Å². The standard InChI is InChI=1S/C13H23NO2/c1-12-3-5-13(11-14,6-4-12)7-8-16-10-9-15-2/h12H,3-10H2,1-2H3. The topological polar surface area (TPSA) is 42.2 Å². The van der Waals surface area contributed by atoms with Crippen LogP contribution in [0, 0.1) is 22.7 Å². The lowest BCUT2D eigenvalue weighted by atomic mass is 9.70. The molecule has 3 nitrogen and oxygen atoms in total. The summed E-state index contributed by atoms with van der Waals surface area (Å²) in [6.45, 7) is 4.23. The third-order valence-electron chi connectivity index (χ3n) is 3.63. The zero-order chi connectivity index (χ0) is 11.9. The molecule has 0 bridgehead atoms. The fraction of sp³-hybridized carbons (Fsp3) is 0.923. The highest BCUT2D eigenvalue weighted by atomic mass is 16.5. The van der Waals surface area contributed by atoms with Crippen LogP contribution in [0.2, 0.25) is 0 Å². The van der Waals surface area contributed by atoms with Crippen LogP contribution in [0.25, 0.3) is 0 Å². The second kappa shape index (κ2) is 6.88. The van der Waals surface area contributed by atoms with Gasteiger partial charge in [0.1, 0.15) is 0 Å². The van der Waals surface area contributed by atoms with E-state index in [2.05, 4.69) is 13.0 Å². The van der Waals surface area contributed by atoms with Gasteiger partial charge in [0.25, 0.3) is 0 Å². The fourth-order valence-electron chi connectivity index (χ4n) is 2.24. The maximum absolute atomic E-state index is 9.30. The van der Waals surface area contributed by atoms with Crippen LogP contribution in [0.5, 0.6) is 0 Å². The Morgan fingerprint density at radius 2 is 1.94 bits per heavy atom. The van der Waals surface area contributed by atoms with E-state index in [-0.39, 0.29) is 5.41 Å². The molecule has 0 heterocycles. The first kappa shape index (κ1) is 13.5. The van der Waals surface area contributed by atoms with Crippen molar-refractivity contribution >= 4 is 0 Å². The van der Waals surface area contributed by atoms with Gasteiger partial charge in [-0.15, -0.1) is 0 Å². The molecule has 0 aromatic heterocycles. The summed E-state index contributed by atoms with van der Waals surface area (Å²) in [6.07, 6.45) is 5.33. The van der Waals surface area contributed by atoms with Crippen molar-refractivity contribution in [2.24, 2.45) is 11.3 Å². The van der Waals surface area contributed by atoms with Crippen molar-refractivity contribution in [1.82, 2.24) is 0 Å². The molecule has 0 unspecified atom stereocenters. The Bertz CT molecular complexity index is 227. The highest BCUT2D eigenvalue weighted by Crippen LogP contribution is 2.40. The van der Waals surface area contributed by atoms with E-state index >= 15 is 0 Å². The largest absolute Gasteiger partial charge is 0.382 e. The molecule has 0 radical (unpaired) electrons. The summed E-state index contributed by atoms with van der Waals surface area (Å²) in [5, 5.41) is 9.30. The fourth-order valence-corrected chi connectivity index (χ4v) is 2.24. The van der Waals surface area contributed by atoms with E-state index in [0.717, 1.165) is 25.2 Å². The molecular formula is C13H23NO2. The minimum atomic E-state index is -0.112. The lowest BCUT2D eigenvalue weighted by Gasteiger charge is -2.33. The Morgan fingerprint density at radius 1 is 1.25 bits per heavy atom. The molecule has 1 aliphatic rings. The van der Waals surface area contributed by atoms with Gasteiger partial charge in [0.2, 0.25) is 0 Å². The quantitative estimate of drug-likeness (QED) is 0.653. The van der Waals surface area contributed by atoms with Crippen LogP contribution >= 0.6 is 0 Å². The predicted octanol–water partition coefficient (Wildman–Crippen LogP) is 2.76. The van der Waals surface area contributed by atoms with Crippen LogP contribution in [-0.2, 0) is 9.47 Å². The highest BCUT2D eigenvalue weighted by molar-refractivity contribution is 5.01. The Labute approximate surface area is 98.7 Å². The van der Waals surface area contributed by atoms with Gasteiger partial charge >= 0.3 is 0 Å². The van der Waals surface area contributed by atoms with E-state index < -0.39 is 0 Å². The summed E-state index contributed by atoms with van der Waals surface area (Å²) < 4.78 is 10.4. The molecule has 0 N–H and O–H groups in total. The third-order valence-corrected chi connectivity index (χ3v) is 3.63. The smallest absolute Gasteiger partial charge is 0.0700 e. The van der Waals surface area contributed by atoms with Crippen LogP contribution in [0.15, 0.2) is 0 Å². The van der Waals surface area contributed by atoms with Crippen LogP contribution in [0.1, 0.15) is 39.0 Å². The number of methoxy groups -OCH3 is 1. The van der Waals surface area contributed by atoms with Gasteiger partial charge in [0, 0.05) is 13.7 Å². The first-order valence-corrected chi connectivity index (χ1v) is 6.20. The van der Waals surface area contributed by atoms with Gasteiger partial charge in [-0.25, -0.2) is 0 Å². The monoisotopic (exact) mass is 225 g/mol. The number of hydrogen-bond acceptors (Lipinski definition) is 3. The van der Waals surface area contributed by atoms with E-state index in [1.165, 1.54) is 12.8 Å². The van der Waals surface area contributed by atoms with Gasteiger partial charge in [0.05, 0.1) is 24.7 Å². The molecule has 0 aromatic rings. The normalized spacial score (nSPS) is 29.9. The molecule has 1 saturated carbocycles. The molecule has 16 heavy (non-hydrogen) atoms. The molecule has 0 amide bonds. The van der Waals surface area contributed by atoms with Gasteiger partial charge in [-0.3, -0.25) is 0 Å². The molecule has 92 valence electrons. The molecule has 0 saturated heterocycles. The summed E-state index contributed by atoms with van der Waals surface area (Å²) in [5.74, 6) is 0.788. The zero-order valence-electron chi connectivity index (χ0n) is 10.5. The average molecular weight is 225 g/mol.